The maximum Gasteiger partial charge on any atom is 0.387 e. The first-order valence-electron chi connectivity index (χ1n) is 2.86. The molecule has 0 radical (unpaired) electrons. The average Bonchev–Trinajstić information content (AvgIpc) is 1.81. The Morgan fingerprint density at radius 1 is 1.17 bits per heavy atom. The van der Waals surface area contributed by atoms with E-state index in [1.165, 1.54) is 0 Å². The van der Waals surface area contributed by atoms with Crippen LogP contribution in [0.15, 0.2) is 12.1 Å². The third-order valence-corrected chi connectivity index (χ3v) is 0.962. The van der Waals surface area contributed by atoms with Gasteiger partial charge in [-0.2, -0.15) is 22.5 Å². The quantitative estimate of drug-likeness (QED) is 0.514. The molecule has 0 aromatic carbocycles. The normalized spacial score (nSPS) is 10.4. The SMILES string of the molecule is Fc1cc(OC(F)F)cc(F)n1. The molecule has 0 bridgehead atoms. The van der Waals surface area contributed by atoms with Crippen LogP contribution in [0.3, 0.4) is 0 Å². The van der Waals surface area contributed by atoms with Gasteiger partial charge in [0.25, 0.3) is 0 Å². The van der Waals surface area contributed by atoms with Gasteiger partial charge in [0.05, 0.1) is 0 Å². The van der Waals surface area contributed by atoms with Crippen LogP contribution in [-0.4, -0.2) is 11.6 Å². The molecule has 12 heavy (non-hydrogen) atoms. The van der Waals surface area contributed by atoms with Crippen molar-refractivity contribution in [3.8, 4) is 5.75 Å². The van der Waals surface area contributed by atoms with Gasteiger partial charge in [-0.3, -0.25) is 0 Å². The Hall–Kier alpha value is -1.33. The average molecular weight is 181 g/mol. The van der Waals surface area contributed by atoms with E-state index in [1.54, 1.807) is 0 Å². The molecular weight excluding hydrogens is 178 g/mol. The zero-order valence-electron chi connectivity index (χ0n) is 5.60. The van der Waals surface area contributed by atoms with E-state index in [-0.39, 0.29) is 0 Å². The summed E-state index contributed by atoms with van der Waals surface area (Å²) in [7, 11) is 0. The molecule has 0 aliphatic carbocycles. The van der Waals surface area contributed by atoms with Gasteiger partial charge in [-0.1, -0.05) is 0 Å². The maximum absolute atomic E-state index is 12.2. The monoisotopic (exact) mass is 181 g/mol. The summed E-state index contributed by atoms with van der Waals surface area (Å²) in [6.07, 6.45) is 0. The third-order valence-electron chi connectivity index (χ3n) is 0.962. The van der Waals surface area contributed by atoms with Gasteiger partial charge in [0.2, 0.25) is 11.9 Å². The molecule has 1 aromatic heterocycles. The number of halogens is 4. The summed E-state index contributed by atoms with van der Waals surface area (Å²) < 4.78 is 51.1. The number of rotatable bonds is 2. The summed E-state index contributed by atoms with van der Waals surface area (Å²) in [4.78, 5) is 2.68. The van der Waals surface area contributed by atoms with Crippen molar-refractivity contribution in [2.45, 2.75) is 6.61 Å². The van der Waals surface area contributed by atoms with Crippen LogP contribution < -0.4 is 4.74 Å². The van der Waals surface area contributed by atoms with Crippen molar-refractivity contribution < 1.29 is 22.3 Å². The summed E-state index contributed by atoms with van der Waals surface area (Å²) in [5, 5.41) is 0. The highest BCUT2D eigenvalue weighted by Gasteiger charge is 2.07. The second-order valence-electron chi connectivity index (χ2n) is 1.83. The molecule has 0 unspecified atom stereocenters. The first kappa shape index (κ1) is 8.76. The van der Waals surface area contributed by atoms with E-state index in [0.29, 0.717) is 12.1 Å². The lowest BCUT2D eigenvalue weighted by Gasteiger charge is -2.02. The van der Waals surface area contributed by atoms with Crippen LogP contribution in [0.25, 0.3) is 0 Å². The Bertz CT molecular complexity index is 258. The number of alkyl halides is 2. The summed E-state index contributed by atoms with van der Waals surface area (Å²) in [6, 6.07) is 1.13. The molecule has 2 nitrogen and oxygen atoms in total. The largest absolute Gasteiger partial charge is 0.434 e. The molecule has 1 rings (SSSR count). The van der Waals surface area contributed by atoms with E-state index < -0.39 is 24.3 Å². The van der Waals surface area contributed by atoms with Crippen molar-refractivity contribution in [2.24, 2.45) is 0 Å². The molecule has 6 heteroatoms. The van der Waals surface area contributed by atoms with Gasteiger partial charge in [0.1, 0.15) is 5.75 Å². The van der Waals surface area contributed by atoms with Crippen molar-refractivity contribution in [1.29, 1.82) is 0 Å². The Kier molecular flexibility index (Phi) is 2.47. The van der Waals surface area contributed by atoms with Crippen LogP contribution in [0.5, 0.6) is 5.75 Å². The zero-order valence-corrected chi connectivity index (χ0v) is 5.60. The van der Waals surface area contributed by atoms with Gasteiger partial charge in [0.15, 0.2) is 0 Å². The smallest absolute Gasteiger partial charge is 0.387 e. The molecule has 1 heterocycles. The van der Waals surface area contributed by atoms with E-state index in [2.05, 4.69) is 9.72 Å². The lowest BCUT2D eigenvalue weighted by atomic mass is 10.4. The van der Waals surface area contributed by atoms with Gasteiger partial charge in [-0.15, -0.1) is 0 Å². The molecule has 0 fully saturated rings. The van der Waals surface area contributed by atoms with Crippen LogP contribution in [-0.2, 0) is 0 Å². The van der Waals surface area contributed by atoms with Gasteiger partial charge in [-0.05, 0) is 0 Å². The number of hydrogen-bond acceptors (Lipinski definition) is 2. The van der Waals surface area contributed by atoms with Crippen LogP contribution in [0.1, 0.15) is 0 Å². The minimum absolute atomic E-state index is 0.565. The lowest BCUT2D eigenvalue weighted by Crippen LogP contribution is -2.03. The topological polar surface area (TPSA) is 22.1 Å². The summed E-state index contributed by atoms with van der Waals surface area (Å²) in [6.45, 7) is -3.11. The highest BCUT2D eigenvalue weighted by Crippen LogP contribution is 2.14. The number of pyridine rings is 1. The molecule has 0 spiro atoms. The Balaban J connectivity index is 2.85. The molecule has 0 saturated carbocycles. The Morgan fingerprint density at radius 2 is 1.67 bits per heavy atom. The third kappa shape index (κ3) is 2.37. The van der Waals surface area contributed by atoms with Gasteiger partial charge in [-0.25, -0.2) is 0 Å². The van der Waals surface area contributed by atoms with E-state index >= 15 is 0 Å². The first-order valence-corrected chi connectivity index (χ1v) is 2.86. The van der Waals surface area contributed by atoms with Crippen molar-refractivity contribution in [3.05, 3.63) is 24.0 Å². The molecule has 0 aliphatic heterocycles. The van der Waals surface area contributed by atoms with E-state index in [1.807, 2.05) is 0 Å². The molecule has 1 aromatic rings. The van der Waals surface area contributed by atoms with Crippen molar-refractivity contribution >= 4 is 0 Å². The van der Waals surface area contributed by atoms with E-state index in [4.69, 9.17) is 0 Å². The standard InChI is InChI=1S/C6H3F4NO/c7-4-1-3(12-6(9)10)2-5(8)11-4/h1-2,6H. The molecule has 0 saturated heterocycles. The summed E-state index contributed by atoms with van der Waals surface area (Å²) in [5.74, 6) is -2.99. The highest BCUT2D eigenvalue weighted by molar-refractivity contribution is 5.18. The highest BCUT2D eigenvalue weighted by atomic mass is 19.3. The number of aromatic nitrogens is 1. The zero-order chi connectivity index (χ0) is 9.14. The summed E-state index contributed by atoms with van der Waals surface area (Å²) in [5.41, 5.74) is 0. The minimum Gasteiger partial charge on any atom is -0.434 e. The van der Waals surface area contributed by atoms with Crippen LogP contribution in [0, 0.1) is 11.9 Å². The number of ether oxygens (including phenoxy) is 1. The second kappa shape index (κ2) is 3.38. The molecule has 0 amide bonds. The van der Waals surface area contributed by atoms with Gasteiger partial charge in [0, 0.05) is 12.1 Å². The fourth-order valence-corrected chi connectivity index (χ4v) is 0.614. The number of hydrogen-bond donors (Lipinski definition) is 0. The first-order chi connectivity index (χ1) is 5.58. The maximum atomic E-state index is 12.2. The predicted octanol–water partition coefficient (Wildman–Crippen LogP) is 1.96. The van der Waals surface area contributed by atoms with Gasteiger partial charge >= 0.3 is 6.61 Å². The number of nitrogens with zero attached hydrogens (tertiary/aromatic N) is 1. The lowest BCUT2D eigenvalue weighted by molar-refractivity contribution is -0.0502. The Morgan fingerprint density at radius 3 is 2.08 bits per heavy atom. The molecule has 0 N–H and O–H groups in total. The summed E-state index contributed by atoms with van der Waals surface area (Å²) >= 11 is 0. The van der Waals surface area contributed by atoms with Crippen LogP contribution in [0.4, 0.5) is 17.6 Å². The van der Waals surface area contributed by atoms with E-state index in [0.717, 1.165) is 0 Å². The van der Waals surface area contributed by atoms with Crippen molar-refractivity contribution in [3.63, 3.8) is 0 Å². The van der Waals surface area contributed by atoms with Crippen LogP contribution in [0.2, 0.25) is 0 Å². The molecule has 0 aliphatic rings. The molecular formula is C6H3F4NO. The van der Waals surface area contributed by atoms with Crippen molar-refractivity contribution in [1.82, 2.24) is 4.98 Å². The van der Waals surface area contributed by atoms with E-state index in [9.17, 15) is 17.6 Å². The fourth-order valence-electron chi connectivity index (χ4n) is 0.614. The van der Waals surface area contributed by atoms with Gasteiger partial charge < -0.3 is 4.74 Å². The molecule has 66 valence electrons. The predicted molar refractivity (Wildman–Crippen MR) is 30.8 cm³/mol. The molecule has 0 atom stereocenters. The fraction of sp³-hybridized carbons (Fsp3) is 0.167. The van der Waals surface area contributed by atoms with Crippen LogP contribution >= 0.6 is 0 Å². The minimum atomic E-state index is -3.11. The Labute approximate surface area is 64.8 Å². The van der Waals surface area contributed by atoms with Crippen molar-refractivity contribution in [2.75, 3.05) is 0 Å². The second-order valence-corrected chi connectivity index (χ2v) is 1.83.